The summed E-state index contributed by atoms with van der Waals surface area (Å²) in [6.45, 7) is 2.15. The number of nitrogens with one attached hydrogen (secondary N) is 1. The highest BCUT2D eigenvalue weighted by molar-refractivity contribution is 5.80. The van der Waals surface area contributed by atoms with Gasteiger partial charge in [0.25, 0.3) is 0 Å². The van der Waals surface area contributed by atoms with Crippen LogP contribution in [0, 0.1) is 0 Å². The van der Waals surface area contributed by atoms with Crippen LogP contribution in [0.3, 0.4) is 0 Å². The smallest absolute Gasteiger partial charge is 0.237 e. The van der Waals surface area contributed by atoms with Crippen molar-refractivity contribution in [1.29, 1.82) is 0 Å². The molecule has 2 heterocycles. The summed E-state index contributed by atoms with van der Waals surface area (Å²) < 4.78 is 5.26. The number of amides is 1. The van der Waals surface area contributed by atoms with Gasteiger partial charge in [-0.15, -0.1) is 0 Å². The maximum atomic E-state index is 11.8. The number of piperazine rings is 1. The Labute approximate surface area is 101 Å². The molecular formula is C13H16N2O2. The summed E-state index contributed by atoms with van der Waals surface area (Å²) >= 11 is 0. The van der Waals surface area contributed by atoms with E-state index in [4.69, 9.17) is 4.74 Å². The second kappa shape index (κ2) is 4.04. The molecule has 0 saturated carbocycles. The Morgan fingerprint density at radius 3 is 3.18 bits per heavy atom. The summed E-state index contributed by atoms with van der Waals surface area (Å²) in [5, 5.41) is 3.18. The van der Waals surface area contributed by atoms with Crippen molar-refractivity contribution >= 4 is 5.91 Å². The third kappa shape index (κ3) is 1.69. The van der Waals surface area contributed by atoms with Crippen LogP contribution >= 0.6 is 0 Å². The van der Waals surface area contributed by atoms with Gasteiger partial charge in [0.05, 0.1) is 19.7 Å². The van der Waals surface area contributed by atoms with Crippen LogP contribution in [0.5, 0.6) is 5.75 Å². The van der Waals surface area contributed by atoms with E-state index < -0.39 is 0 Å². The minimum atomic E-state index is 0.176. The van der Waals surface area contributed by atoms with Crippen molar-refractivity contribution in [2.75, 3.05) is 26.7 Å². The molecule has 1 saturated heterocycles. The summed E-state index contributed by atoms with van der Waals surface area (Å²) in [6.07, 6.45) is 0.946. The summed E-state index contributed by atoms with van der Waals surface area (Å²) in [7, 11) is 1.67. The van der Waals surface area contributed by atoms with Gasteiger partial charge in [-0.1, -0.05) is 6.07 Å². The molecule has 17 heavy (non-hydrogen) atoms. The lowest BCUT2D eigenvalue weighted by atomic mass is 9.91. The summed E-state index contributed by atoms with van der Waals surface area (Å²) in [6, 6.07) is 6.35. The summed E-state index contributed by atoms with van der Waals surface area (Å²) in [5.41, 5.74) is 2.57. The van der Waals surface area contributed by atoms with E-state index in [1.165, 1.54) is 11.1 Å². The molecule has 1 N–H and O–H groups in total. The fourth-order valence-electron chi connectivity index (χ4n) is 2.74. The van der Waals surface area contributed by atoms with E-state index in [9.17, 15) is 4.79 Å². The molecule has 2 aliphatic heterocycles. The molecule has 1 atom stereocenters. The molecule has 1 aromatic rings. The fraction of sp³-hybridized carbons (Fsp3) is 0.462. The topological polar surface area (TPSA) is 41.6 Å². The molecular weight excluding hydrogens is 216 g/mol. The molecule has 1 unspecified atom stereocenters. The third-order valence-corrected chi connectivity index (χ3v) is 3.64. The molecule has 0 spiro atoms. The first-order valence-electron chi connectivity index (χ1n) is 5.96. The van der Waals surface area contributed by atoms with Gasteiger partial charge in [0.1, 0.15) is 5.75 Å². The lowest BCUT2D eigenvalue weighted by molar-refractivity contribution is -0.135. The molecule has 1 fully saturated rings. The zero-order valence-electron chi connectivity index (χ0n) is 9.90. The zero-order valence-corrected chi connectivity index (χ0v) is 9.90. The minimum Gasteiger partial charge on any atom is -0.497 e. The Hall–Kier alpha value is -1.55. The van der Waals surface area contributed by atoms with Gasteiger partial charge in [-0.25, -0.2) is 0 Å². The first-order chi connectivity index (χ1) is 8.29. The maximum absolute atomic E-state index is 11.8. The van der Waals surface area contributed by atoms with Crippen LogP contribution in [0.15, 0.2) is 18.2 Å². The number of carbonyl (C=O) groups excluding carboxylic acids is 1. The molecule has 0 aliphatic carbocycles. The van der Waals surface area contributed by atoms with Crippen molar-refractivity contribution in [1.82, 2.24) is 10.2 Å². The molecule has 1 amide bonds. The van der Waals surface area contributed by atoms with Crippen molar-refractivity contribution in [2.24, 2.45) is 0 Å². The molecule has 0 bridgehead atoms. The van der Waals surface area contributed by atoms with Gasteiger partial charge in [-0.05, 0) is 29.7 Å². The molecule has 4 nitrogen and oxygen atoms in total. The van der Waals surface area contributed by atoms with Crippen molar-refractivity contribution in [3.8, 4) is 5.75 Å². The van der Waals surface area contributed by atoms with E-state index in [0.29, 0.717) is 6.54 Å². The van der Waals surface area contributed by atoms with Crippen LogP contribution < -0.4 is 10.1 Å². The van der Waals surface area contributed by atoms with Crippen molar-refractivity contribution < 1.29 is 9.53 Å². The Balaban J connectivity index is 2.01. The number of fused-ring (bicyclic) bond motifs is 3. The molecule has 1 aromatic carbocycles. The SMILES string of the molecule is COc1ccc2c(c1)C1CNCC(=O)N1CC2. The van der Waals surface area contributed by atoms with Crippen LogP contribution in [-0.4, -0.2) is 37.6 Å². The first-order valence-corrected chi connectivity index (χ1v) is 5.96. The van der Waals surface area contributed by atoms with Crippen LogP contribution in [0.4, 0.5) is 0 Å². The number of benzene rings is 1. The number of hydrogen-bond acceptors (Lipinski definition) is 3. The molecule has 4 heteroatoms. The fourth-order valence-corrected chi connectivity index (χ4v) is 2.74. The van der Waals surface area contributed by atoms with Crippen LogP contribution in [0.2, 0.25) is 0 Å². The summed E-state index contributed by atoms with van der Waals surface area (Å²) in [5.74, 6) is 1.07. The quantitative estimate of drug-likeness (QED) is 0.776. The second-order valence-corrected chi connectivity index (χ2v) is 4.55. The number of hydrogen-bond donors (Lipinski definition) is 1. The standard InChI is InChI=1S/C13H16N2O2/c1-17-10-3-2-9-4-5-15-12(11(9)6-10)7-14-8-13(15)16/h2-3,6,12,14H,4-5,7-8H2,1H3. The number of rotatable bonds is 1. The van der Waals surface area contributed by atoms with Crippen LogP contribution in [0.25, 0.3) is 0 Å². The van der Waals surface area contributed by atoms with Crippen molar-refractivity contribution in [3.63, 3.8) is 0 Å². The normalized spacial score (nSPS) is 23.0. The highest BCUT2D eigenvalue weighted by Gasteiger charge is 2.33. The highest BCUT2D eigenvalue weighted by Crippen LogP contribution is 2.33. The monoisotopic (exact) mass is 232 g/mol. The minimum absolute atomic E-state index is 0.176. The first kappa shape index (κ1) is 10.6. The average molecular weight is 232 g/mol. The molecule has 3 rings (SSSR count). The number of nitrogens with zero attached hydrogens (tertiary/aromatic N) is 1. The second-order valence-electron chi connectivity index (χ2n) is 4.55. The Morgan fingerprint density at radius 2 is 2.35 bits per heavy atom. The Kier molecular flexibility index (Phi) is 2.52. The Bertz CT molecular complexity index is 459. The van der Waals surface area contributed by atoms with Gasteiger partial charge < -0.3 is 15.0 Å². The predicted molar refractivity (Wildman–Crippen MR) is 64.0 cm³/mol. The maximum Gasteiger partial charge on any atom is 0.237 e. The Morgan fingerprint density at radius 1 is 1.47 bits per heavy atom. The van der Waals surface area contributed by atoms with Gasteiger partial charge in [0.15, 0.2) is 0 Å². The predicted octanol–water partition coefficient (Wildman–Crippen LogP) is 0.724. The van der Waals surface area contributed by atoms with E-state index >= 15 is 0 Å². The van der Waals surface area contributed by atoms with Crippen LogP contribution in [-0.2, 0) is 11.2 Å². The van der Waals surface area contributed by atoms with E-state index in [0.717, 1.165) is 25.3 Å². The van der Waals surface area contributed by atoms with E-state index in [1.54, 1.807) is 7.11 Å². The lowest BCUT2D eigenvalue weighted by Gasteiger charge is -2.40. The molecule has 2 aliphatic rings. The molecule has 0 aromatic heterocycles. The molecule has 90 valence electrons. The van der Waals surface area contributed by atoms with E-state index in [1.807, 2.05) is 11.0 Å². The molecule has 0 radical (unpaired) electrons. The summed E-state index contributed by atoms with van der Waals surface area (Å²) in [4.78, 5) is 13.8. The number of ether oxygens (including phenoxy) is 1. The van der Waals surface area contributed by atoms with Gasteiger partial charge in [-0.3, -0.25) is 4.79 Å². The number of carbonyl (C=O) groups is 1. The van der Waals surface area contributed by atoms with Crippen molar-refractivity contribution in [3.05, 3.63) is 29.3 Å². The van der Waals surface area contributed by atoms with E-state index in [2.05, 4.69) is 17.4 Å². The lowest BCUT2D eigenvalue weighted by Crippen LogP contribution is -2.52. The van der Waals surface area contributed by atoms with E-state index in [-0.39, 0.29) is 11.9 Å². The van der Waals surface area contributed by atoms with Gasteiger partial charge in [0.2, 0.25) is 5.91 Å². The van der Waals surface area contributed by atoms with Gasteiger partial charge in [-0.2, -0.15) is 0 Å². The number of methoxy groups -OCH3 is 1. The average Bonchev–Trinajstić information content (AvgIpc) is 2.38. The van der Waals surface area contributed by atoms with Gasteiger partial charge >= 0.3 is 0 Å². The largest absolute Gasteiger partial charge is 0.497 e. The highest BCUT2D eigenvalue weighted by atomic mass is 16.5. The van der Waals surface area contributed by atoms with Crippen molar-refractivity contribution in [2.45, 2.75) is 12.5 Å². The van der Waals surface area contributed by atoms with Crippen LogP contribution in [0.1, 0.15) is 17.2 Å². The zero-order chi connectivity index (χ0) is 11.8. The van der Waals surface area contributed by atoms with Gasteiger partial charge in [0, 0.05) is 13.1 Å². The third-order valence-electron chi connectivity index (χ3n) is 3.64.